The fraction of sp³-hybridized carbons (Fsp3) is 0.100. The molecule has 2 nitrogen and oxygen atoms in total. The zero-order valence-corrected chi connectivity index (χ0v) is 8.60. The van der Waals surface area contributed by atoms with Gasteiger partial charge in [-0.05, 0) is 24.3 Å². The maximum absolute atomic E-state index is 11.9. The number of ketones is 1. The van der Waals surface area contributed by atoms with Crippen molar-refractivity contribution in [2.45, 2.75) is 6.36 Å². The van der Waals surface area contributed by atoms with Crippen LogP contribution < -0.4 is 4.74 Å². The molecule has 0 aliphatic heterocycles. The molecule has 0 fully saturated rings. The van der Waals surface area contributed by atoms with E-state index in [4.69, 9.17) is 11.6 Å². The molecule has 0 saturated heterocycles. The highest BCUT2D eigenvalue weighted by Gasteiger charge is 2.31. The number of halogens is 4. The van der Waals surface area contributed by atoms with Gasteiger partial charge in [0.1, 0.15) is 5.75 Å². The van der Waals surface area contributed by atoms with Crippen molar-refractivity contribution in [3.05, 3.63) is 41.4 Å². The van der Waals surface area contributed by atoms with Gasteiger partial charge < -0.3 is 4.74 Å². The lowest BCUT2D eigenvalue weighted by Crippen LogP contribution is -2.17. The maximum atomic E-state index is 11.9. The Morgan fingerprint density at radius 2 is 2.00 bits per heavy atom. The average Bonchev–Trinajstić information content (AvgIpc) is 2.12. The summed E-state index contributed by atoms with van der Waals surface area (Å²) in [6, 6.07) is 3.15. The molecular formula is C10H6ClF3O2. The fourth-order valence-electron chi connectivity index (χ4n) is 1.02. The van der Waals surface area contributed by atoms with E-state index in [0.717, 1.165) is 18.2 Å². The molecule has 0 bridgehead atoms. The maximum Gasteiger partial charge on any atom is 0.573 e. The molecular weight excluding hydrogens is 245 g/mol. The van der Waals surface area contributed by atoms with E-state index in [1.807, 2.05) is 0 Å². The number of allylic oxidation sites excluding steroid dienone is 1. The van der Waals surface area contributed by atoms with E-state index < -0.39 is 17.9 Å². The Morgan fingerprint density at radius 3 is 2.50 bits per heavy atom. The largest absolute Gasteiger partial charge is 0.573 e. The van der Waals surface area contributed by atoms with Crippen LogP contribution >= 0.6 is 11.6 Å². The fourth-order valence-corrected chi connectivity index (χ4v) is 1.24. The summed E-state index contributed by atoms with van der Waals surface area (Å²) in [5.41, 5.74) is -0.0123. The van der Waals surface area contributed by atoms with Crippen LogP contribution in [0.4, 0.5) is 13.2 Å². The number of benzene rings is 1. The number of hydrogen-bond donors (Lipinski definition) is 0. The molecule has 0 aliphatic rings. The van der Waals surface area contributed by atoms with Gasteiger partial charge in [-0.3, -0.25) is 4.79 Å². The Labute approximate surface area is 94.3 Å². The molecule has 0 N–H and O–H groups in total. The quantitative estimate of drug-likeness (QED) is 0.605. The number of alkyl halides is 3. The summed E-state index contributed by atoms with van der Waals surface area (Å²) in [5.74, 6) is -1.07. The van der Waals surface area contributed by atoms with Crippen LogP contribution in [0.3, 0.4) is 0 Å². The molecule has 0 amide bonds. The van der Waals surface area contributed by atoms with Gasteiger partial charge >= 0.3 is 6.36 Å². The molecule has 16 heavy (non-hydrogen) atoms. The molecule has 0 heterocycles. The van der Waals surface area contributed by atoms with Gasteiger partial charge in [0.15, 0.2) is 5.78 Å². The first kappa shape index (κ1) is 12.6. The van der Waals surface area contributed by atoms with Crippen molar-refractivity contribution in [3.63, 3.8) is 0 Å². The van der Waals surface area contributed by atoms with Crippen molar-refractivity contribution in [3.8, 4) is 5.75 Å². The van der Waals surface area contributed by atoms with Gasteiger partial charge in [0.05, 0.1) is 0 Å². The standard InChI is InChI=1S/C10H6ClF3O2/c1-2-9(15)6-3-7(11)5-8(4-6)16-10(12,13)14/h2-5H,1H2. The summed E-state index contributed by atoms with van der Waals surface area (Å²) in [6.45, 7) is 3.22. The predicted molar refractivity (Wildman–Crippen MR) is 52.7 cm³/mol. The van der Waals surface area contributed by atoms with Gasteiger partial charge in [-0.2, -0.15) is 0 Å². The average molecular weight is 251 g/mol. The molecule has 0 unspecified atom stereocenters. The van der Waals surface area contributed by atoms with Crippen molar-refractivity contribution in [2.75, 3.05) is 0 Å². The highest BCUT2D eigenvalue weighted by molar-refractivity contribution is 6.31. The number of rotatable bonds is 3. The van der Waals surface area contributed by atoms with Crippen molar-refractivity contribution >= 4 is 17.4 Å². The topological polar surface area (TPSA) is 26.3 Å². The first-order valence-corrected chi connectivity index (χ1v) is 4.43. The minimum Gasteiger partial charge on any atom is -0.406 e. The first-order chi connectivity index (χ1) is 7.31. The summed E-state index contributed by atoms with van der Waals surface area (Å²) < 4.78 is 39.4. The summed E-state index contributed by atoms with van der Waals surface area (Å²) >= 11 is 5.55. The molecule has 0 aromatic heterocycles. The van der Waals surface area contributed by atoms with Crippen LogP contribution in [0.1, 0.15) is 10.4 Å². The van der Waals surface area contributed by atoms with Crippen LogP contribution in [0.25, 0.3) is 0 Å². The van der Waals surface area contributed by atoms with Crippen LogP contribution in [0.15, 0.2) is 30.9 Å². The van der Waals surface area contributed by atoms with Gasteiger partial charge in [-0.1, -0.05) is 18.2 Å². The molecule has 1 rings (SSSR count). The molecule has 86 valence electrons. The van der Waals surface area contributed by atoms with Crippen LogP contribution in [-0.4, -0.2) is 12.1 Å². The summed E-state index contributed by atoms with van der Waals surface area (Å²) in [6.07, 6.45) is -3.85. The van der Waals surface area contributed by atoms with Crippen LogP contribution in [-0.2, 0) is 0 Å². The monoisotopic (exact) mass is 250 g/mol. The van der Waals surface area contributed by atoms with E-state index in [-0.39, 0.29) is 10.6 Å². The van der Waals surface area contributed by atoms with Crippen LogP contribution in [0.5, 0.6) is 5.75 Å². The van der Waals surface area contributed by atoms with Crippen LogP contribution in [0.2, 0.25) is 5.02 Å². The van der Waals surface area contributed by atoms with Crippen LogP contribution in [0, 0.1) is 0 Å². The normalized spacial score (nSPS) is 11.0. The summed E-state index contributed by atoms with van der Waals surface area (Å²) in [4.78, 5) is 11.2. The zero-order valence-electron chi connectivity index (χ0n) is 7.84. The second-order valence-electron chi connectivity index (χ2n) is 2.79. The number of ether oxygens (including phenoxy) is 1. The van der Waals surface area contributed by atoms with E-state index >= 15 is 0 Å². The second kappa shape index (κ2) is 4.57. The molecule has 0 radical (unpaired) electrons. The number of hydrogen-bond acceptors (Lipinski definition) is 2. The lowest BCUT2D eigenvalue weighted by atomic mass is 10.1. The minimum atomic E-state index is -4.82. The molecule has 0 saturated carbocycles. The minimum absolute atomic E-state index is 0.0123. The lowest BCUT2D eigenvalue weighted by molar-refractivity contribution is -0.274. The summed E-state index contributed by atoms with van der Waals surface area (Å²) in [5, 5.41) is -0.0213. The van der Waals surface area contributed by atoms with Gasteiger partial charge in [-0.15, -0.1) is 13.2 Å². The molecule has 0 atom stereocenters. The van der Waals surface area contributed by atoms with E-state index in [1.165, 1.54) is 6.07 Å². The van der Waals surface area contributed by atoms with Crippen molar-refractivity contribution in [2.24, 2.45) is 0 Å². The van der Waals surface area contributed by atoms with Crippen molar-refractivity contribution in [1.82, 2.24) is 0 Å². The first-order valence-electron chi connectivity index (χ1n) is 4.05. The summed E-state index contributed by atoms with van der Waals surface area (Å²) in [7, 11) is 0. The SMILES string of the molecule is C=CC(=O)c1cc(Cl)cc(OC(F)(F)F)c1. The molecule has 6 heteroatoms. The number of carbonyl (C=O) groups excluding carboxylic acids is 1. The lowest BCUT2D eigenvalue weighted by Gasteiger charge is -2.09. The molecule has 1 aromatic carbocycles. The Morgan fingerprint density at radius 1 is 1.38 bits per heavy atom. The Hall–Kier alpha value is -1.49. The van der Waals surface area contributed by atoms with Crippen molar-refractivity contribution < 1.29 is 22.7 Å². The van der Waals surface area contributed by atoms with E-state index in [9.17, 15) is 18.0 Å². The van der Waals surface area contributed by atoms with E-state index in [1.54, 1.807) is 0 Å². The second-order valence-corrected chi connectivity index (χ2v) is 3.23. The Bertz CT molecular complexity index is 427. The van der Waals surface area contributed by atoms with Crippen molar-refractivity contribution in [1.29, 1.82) is 0 Å². The molecule has 0 spiro atoms. The molecule has 0 aliphatic carbocycles. The molecule has 1 aromatic rings. The van der Waals surface area contributed by atoms with Gasteiger partial charge in [-0.25, -0.2) is 0 Å². The Kier molecular flexibility index (Phi) is 3.59. The van der Waals surface area contributed by atoms with Gasteiger partial charge in [0, 0.05) is 10.6 Å². The number of carbonyl (C=O) groups is 1. The highest BCUT2D eigenvalue weighted by Crippen LogP contribution is 2.27. The third-order valence-electron chi connectivity index (χ3n) is 1.57. The van der Waals surface area contributed by atoms with Gasteiger partial charge in [0.2, 0.25) is 0 Å². The third kappa shape index (κ3) is 3.58. The van der Waals surface area contributed by atoms with Gasteiger partial charge in [0.25, 0.3) is 0 Å². The zero-order chi connectivity index (χ0) is 12.3. The predicted octanol–water partition coefficient (Wildman–Crippen LogP) is 3.61. The third-order valence-corrected chi connectivity index (χ3v) is 1.79. The van der Waals surface area contributed by atoms with E-state index in [2.05, 4.69) is 11.3 Å². The Balaban J connectivity index is 3.08. The van der Waals surface area contributed by atoms with E-state index in [0.29, 0.717) is 0 Å². The smallest absolute Gasteiger partial charge is 0.406 e. The highest BCUT2D eigenvalue weighted by atomic mass is 35.5.